The lowest BCUT2D eigenvalue weighted by Gasteiger charge is -2.20. The van der Waals surface area contributed by atoms with Crippen molar-refractivity contribution in [2.75, 3.05) is 13.2 Å². The Morgan fingerprint density at radius 2 is 2.00 bits per heavy atom. The van der Waals surface area contributed by atoms with E-state index in [4.69, 9.17) is 4.74 Å². The molecule has 2 N–H and O–H groups in total. The molecule has 1 rings (SSSR count). The monoisotopic (exact) mass is 251 g/mol. The van der Waals surface area contributed by atoms with Crippen LogP contribution in [0.3, 0.4) is 0 Å². The Labute approximate surface area is 110 Å². The lowest BCUT2D eigenvalue weighted by atomic mass is 10.0. The lowest BCUT2D eigenvalue weighted by molar-refractivity contribution is 0.155. The zero-order valence-electron chi connectivity index (χ0n) is 11.6. The van der Waals surface area contributed by atoms with Crippen LogP contribution in [-0.4, -0.2) is 24.4 Å². The van der Waals surface area contributed by atoms with E-state index in [2.05, 4.69) is 25.2 Å². The fourth-order valence-electron chi connectivity index (χ4n) is 1.96. The molecule has 0 aliphatic carbocycles. The quantitative estimate of drug-likeness (QED) is 0.746. The van der Waals surface area contributed by atoms with Gasteiger partial charge in [-0.2, -0.15) is 0 Å². The molecule has 3 nitrogen and oxygen atoms in total. The first-order valence-electron chi connectivity index (χ1n) is 6.82. The summed E-state index contributed by atoms with van der Waals surface area (Å²) >= 11 is 0. The minimum atomic E-state index is -0.312. The van der Waals surface area contributed by atoms with Crippen LogP contribution in [0, 0.1) is 0 Å². The van der Waals surface area contributed by atoms with E-state index in [1.807, 2.05) is 18.2 Å². The summed E-state index contributed by atoms with van der Waals surface area (Å²) in [6.45, 7) is 7.56. The SMILES string of the molecule is CCNC(CC)c1ccccc1OCCC(C)O. The van der Waals surface area contributed by atoms with Gasteiger partial charge in [0, 0.05) is 18.0 Å². The van der Waals surface area contributed by atoms with Crippen molar-refractivity contribution in [2.24, 2.45) is 0 Å². The summed E-state index contributed by atoms with van der Waals surface area (Å²) in [7, 11) is 0. The van der Waals surface area contributed by atoms with Gasteiger partial charge in [-0.25, -0.2) is 0 Å². The van der Waals surface area contributed by atoms with Gasteiger partial charge in [-0.15, -0.1) is 0 Å². The normalized spacial score (nSPS) is 14.2. The fourth-order valence-corrected chi connectivity index (χ4v) is 1.96. The van der Waals surface area contributed by atoms with Gasteiger partial charge in [-0.05, 0) is 26.0 Å². The second-order valence-corrected chi connectivity index (χ2v) is 4.54. The molecule has 102 valence electrons. The maximum Gasteiger partial charge on any atom is 0.124 e. The highest BCUT2D eigenvalue weighted by Gasteiger charge is 2.13. The number of rotatable bonds is 8. The summed E-state index contributed by atoms with van der Waals surface area (Å²) in [6.07, 6.45) is 1.38. The van der Waals surface area contributed by atoms with E-state index in [0.29, 0.717) is 19.1 Å². The van der Waals surface area contributed by atoms with Gasteiger partial charge in [0.2, 0.25) is 0 Å². The van der Waals surface area contributed by atoms with Crippen molar-refractivity contribution in [3.8, 4) is 5.75 Å². The molecule has 18 heavy (non-hydrogen) atoms. The number of nitrogens with one attached hydrogen (secondary N) is 1. The van der Waals surface area contributed by atoms with Gasteiger partial charge in [-0.1, -0.05) is 32.0 Å². The van der Waals surface area contributed by atoms with E-state index in [1.54, 1.807) is 6.92 Å². The molecule has 0 radical (unpaired) electrons. The van der Waals surface area contributed by atoms with Gasteiger partial charge in [-0.3, -0.25) is 0 Å². The molecule has 0 amide bonds. The van der Waals surface area contributed by atoms with Crippen molar-refractivity contribution in [1.82, 2.24) is 5.32 Å². The van der Waals surface area contributed by atoms with Crippen molar-refractivity contribution in [2.45, 2.75) is 45.8 Å². The standard InChI is InChI=1S/C15H25NO2/c1-4-14(16-5-2)13-8-6-7-9-15(13)18-11-10-12(3)17/h6-9,12,14,16-17H,4-5,10-11H2,1-3H3. The van der Waals surface area contributed by atoms with E-state index in [-0.39, 0.29) is 6.10 Å². The largest absolute Gasteiger partial charge is 0.493 e. The number of aliphatic hydroxyl groups is 1. The first-order valence-corrected chi connectivity index (χ1v) is 6.82. The fraction of sp³-hybridized carbons (Fsp3) is 0.600. The molecule has 0 bridgehead atoms. The minimum Gasteiger partial charge on any atom is -0.493 e. The Hall–Kier alpha value is -1.06. The summed E-state index contributed by atoms with van der Waals surface area (Å²) in [5.74, 6) is 0.922. The number of aliphatic hydroxyl groups excluding tert-OH is 1. The Morgan fingerprint density at radius 1 is 1.28 bits per heavy atom. The van der Waals surface area contributed by atoms with Gasteiger partial charge in [0.05, 0.1) is 12.7 Å². The van der Waals surface area contributed by atoms with Crippen LogP contribution in [0.1, 0.15) is 45.2 Å². The zero-order valence-corrected chi connectivity index (χ0v) is 11.6. The van der Waals surface area contributed by atoms with E-state index in [1.165, 1.54) is 5.56 Å². The molecule has 0 aliphatic rings. The summed E-state index contributed by atoms with van der Waals surface area (Å²) in [6, 6.07) is 8.46. The van der Waals surface area contributed by atoms with Gasteiger partial charge >= 0.3 is 0 Å². The molecule has 1 aromatic carbocycles. The number of hydrogen-bond acceptors (Lipinski definition) is 3. The number of para-hydroxylation sites is 1. The molecule has 0 aromatic heterocycles. The molecule has 3 heteroatoms. The van der Waals surface area contributed by atoms with Gasteiger partial charge in [0.1, 0.15) is 5.75 Å². The topological polar surface area (TPSA) is 41.5 Å². The molecule has 2 unspecified atom stereocenters. The maximum atomic E-state index is 9.25. The third kappa shape index (κ3) is 4.67. The molecule has 0 spiro atoms. The van der Waals surface area contributed by atoms with Crippen molar-refractivity contribution >= 4 is 0 Å². The van der Waals surface area contributed by atoms with Crippen LogP contribution in [0.5, 0.6) is 5.75 Å². The van der Waals surface area contributed by atoms with Crippen LogP contribution < -0.4 is 10.1 Å². The molecule has 0 saturated heterocycles. The second kappa shape index (κ2) is 8.11. The van der Waals surface area contributed by atoms with Crippen molar-refractivity contribution in [3.63, 3.8) is 0 Å². The Kier molecular flexibility index (Phi) is 6.76. The Balaban J connectivity index is 2.71. The van der Waals surface area contributed by atoms with Crippen LogP contribution >= 0.6 is 0 Å². The Morgan fingerprint density at radius 3 is 2.61 bits per heavy atom. The van der Waals surface area contributed by atoms with E-state index >= 15 is 0 Å². The lowest BCUT2D eigenvalue weighted by Crippen LogP contribution is -2.21. The molecule has 0 saturated carbocycles. The third-order valence-electron chi connectivity index (χ3n) is 2.95. The van der Waals surface area contributed by atoms with Crippen LogP contribution in [0.25, 0.3) is 0 Å². The second-order valence-electron chi connectivity index (χ2n) is 4.54. The Bertz CT molecular complexity index is 339. The first-order chi connectivity index (χ1) is 8.69. The van der Waals surface area contributed by atoms with Gasteiger partial charge in [0.15, 0.2) is 0 Å². The van der Waals surface area contributed by atoms with Gasteiger partial charge < -0.3 is 15.2 Å². The molecule has 1 aromatic rings. The first kappa shape index (κ1) is 15.0. The number of benzene rings is 1. The third-order valence-corrected chi connectivity index (χ3v) is 2.95. The highest BCUT2D eigenvalue weighted by atomic mass is 16.5. The van der Waals surface area contributed by atoms with Crippen molar-refractivity contribution in [1.29, 1.82) is 0 Å². The van der Waals surface area contributed by atoms with Crippen molar-refractivity contribution in [3.05, 3.63) is 29.8 Å². The molecular formula is C15H25NO2. The number of ether oxygens (including phenoxy) is 1. The average Bonchev–Trinajstić information content (AvgIpc) is 2.36. The molecular weight excluding hydrogens is 226 g/mol. The molecule has 2 atom stereocenters. The van der Waals surface area contributed by atoms with E-state index in [0.717, 1.165) is 18.7 Å². The predicted molar refractivity (Wildman–Crippen MR) is 74.9 cm³/mol. The molecule has 0 fully saturated rings. The molecule has 0 heterocycles. The number of hydrogen-bond donors (Lipinski definition) is 2. The predicted octanol–water partition coefficient (Wildman–Crippen LogP) is 2.90. The maximum absolute atomic E-state index is 9.25. The molecule has 0 aliphatic heterocycles. The zero-order chi connectivity index (χ0) is 13.4. The van der Waals surface area contributed by atoms with Gasteiger partial charge in [0.25, 0.3) is 0 Å². The summed E-state index contributed by atoms with van der Waals surface area (Å²) in [4.78, 5) is 0. The van der Waals surface area contributed by atoms with E-state index in [9.17, 15) is 5.11 Å². The smallest absolute Gasteiger partial charge is 0.124 e. The van der Waals surface area contributed by atoms with Crippen molar-refractivity contribution < 1.29 is 9.84 Å². The highest BCUT2D eigenvalue weighted by molar-refractivity contribution is 5.35. The van der Waals surface area contributed by atoms with E-state index < -0.39 is 0 Å². The summed E-state index contributed by atoms with van der Waals surface area (Å²) in [5, 5.41) is 12.7. The highest BCUT2D eigenvalue weighted by Crippen LogP contribution is 2.27. The van der Waals surface area contributed by atoms with Crippen LogP contribution in [-0.2, 0) is 0 Å². The van der Waals surface area contributed by atoms with Crippen LogP contribution in [0.15, 0.2) is 24.3 Å². The summed E-state index contributed by atoms with van der Waals surface area (Å²) in [5.41, 5.74) is 1.20. The average molecular weight is 251 g/mol. The minimum absolute atomic E-state index is 0.312. The van der Waals surface area contributed by atoms with Crippen LogP contribution in [0.4, 0.5) is 0 Å². The summed E-state index contributed by atoms with van der Waals surface area (Å²) < 4.78 is 5.78. The van der Waals surface area contributed by atoms with Crippen LogP contribution in [0.2, 0.25) is 0 Å².